The molecule has 19 heavy (non-hydrogen) atoms. The van der Waals surface area contributed by atoms with E-state index in [1.54, 1.807) is 12.1 Å². The van der Waals surface area contributed by atoms with Crippen molar-refractivity contribution in [3.8, 4) is 5.75 Å². The molecule has 0 heterocycles. The van der Waals surface area contributed by atoms with Crippen LogP contribution in [0.3, 0.4) is 0 Å². The van der Waals surface area contributed by atoms with Crippen LogP contribution >= 0.6 is 15.9 Å². The van der Waals surface area contributed by atoms with Gasteiger partial charge in [0.05, 0.1) is 5.60 Å². The first-order chi connectivity index (χ1) is 9.08. The SMILES string of the molecule is Oc1ccc(CC2CC2(O)c2ccc(Br)cc2)cc1. The molecule has 1 aliphatic carbocycles. The molecule has 0 radical (unpaired) electrons. The number of aliphatic hydroxyl groups is 1. The second-order valence-electron chi connectivity index (χ2n) is 5.20. The Labute approximate surface area is 120 Å². The standard InChI is InChI=1S/C16H15BrO2/c17-14-5-3-12(4-6-14)16(19)10-13(16)9-11-1-7-15(18)8-2-11/h1-8,13,18-19H,9-10H2. The van der Waals surface area contributed by atoms with Crippen molar-refractivity contribution in [2.75, 3.05) is 0 Å². The number of phenols is 1. The summed E-state index contributed by atoms with van der Waals surface area (Å²) in [6, 6.07) is 15.1. The summed E-state index contributed by atoms with van der Waals surface area (Å²) >= 11 is 3.40. The predicted molar refractivity (Wildman–Crippen MR) is 78.0 cm³/mol. The molecule has 2 atom stereocenters. The predicted octanol–water partition coefficient (Wildman–Crippen LogP) is 3.60. The van der Waals surface area contributed by atoms with Crippen LogP contribution in [-0.2, 0) is 12.0 Å². The van der Waals surface area contributed by atoms with Crippen LogP contribution in [0, 0.1) is 5.92 Å². The Morgan fingerprint density at radius 3 is 2.32 bits per heavy atom. The van der Waals surface area contributed by atoms with Gasteiger partial charge in [0.15, 0.2) is 0 Å². The molecule has 3 rings (SSSR count). The van der Waals surface area contributed by atoms with E-state index >= 15 is 0 Å². The van der Waals surface area contributed by atoms with Crippen LogP contribution in [0.4, 0.5) is 0 Å². The zero-order valence-electron chi connectivity index (χ0n) is 10.4. The van der Waals surface area contributed by atoms with Gasteiger partial charge in [0.25, 0.3) is 0 Å². The number of halogens is 1. The van der Waals surface area contributed by atoms with Crippen LogP contribution in [0.15, 0.2) is 53.0 Å². The second-order valence-corrected chi connectivity index (χ2v) is 6.12. The van der Waals surface area contributed by atoms with Crippen molar-refractivity contribution in [2.45, 2.75) is 18.4 Å². The van der Waals surface area contributed by atoms with Gasteiger partial charge >= 0.3 is 0 Å². The summed E-state index contributed by atoms with van der Waals surface area (Å²) in [6.07, 6.45) is 1.64. The lowest BCUT2D eigenvalue weighted by atomic mass is 10.0. The average molecular weight is 319 g/mol. The topological polar surface area (TPSA) is 40.5 Å². The highest BCUT2D eigenvalue weighted by atomic mass is 79.9. The summed E-state index contributed by atoms with van der Waals surface area (Å²) in [7, 11) is 0. The summed E-state index contributed by atoms with van der Waals surface area (Å²) in [5.41, 5.74) is 1.45. The van der Waals surface area contributed by atoms with Gasteiger partial charge in [0.2, 0.25) is 0 Å². The van der Waals surface area contributed by atoms with E-state index in [9.17, 15) is 10.2 Å². The minimum absolute atomic E-state index is 0.262. The maximum atomic E-state index is 10.6. The van der Waals surface area contributed by atoms with Crippen LogP contribution in [0.1, 0.15) is 17.5 Å². The molecule has 0 spiro atoms. The number of rotatable bonds is 3. The summed E-state index contributed by atoms with van der Waals surface area (Å²) in [5.74, 6) is 0.543. The molecule has 0 bridgehead atoms. The lowest BCUT2D eigenvalue weighted by Gasteiger charge is -2.11. The maximum absolute atomic E-state index is 10.6. The normalized spacial score (nSPS) is 25.3. The van der Waals surface area contributed by atoms with Gasteiger partial charge < -0.3 is 10.2 Å². The van der Waals surface area contributed by atoms with Crippen LogP contribution in [-0.4, -0.2) is 10.2 Å². The number of hydrogen-bond donors (Lipinski definition) is 2. The first-order valence-corrected chi connectivity index (χ1v) is 7.13. The molecule has 98 valence electrons. The molecule has 1 aliphatic rings. The van der Waals surface area contributed by atoms with Crippen molar-refractivity contribution >= 4 is 15.9 Å². The zero-order valence-corrected chi connectivity index (χ0v) is 12.0. The number of benzene rings is 2. The monoisotopic (exact) mass is 318 g/mol. The molecular weight excluding hydrogens is 304 g/mol. The van der Waals surface area contributed by atoms with Gasteiger partial charge in [-0.15, -0.1) is 0 Å². The molecule has 1 fully saturated rings. The fourth-order valence-corrected chi connectivity index (χ4v) is 2.83. The van der Waals surface area contributed by atoms with Crippen molar-refractivity contribution in [1.29, 1.82) is 0 Å². The molecule has 0 amide bonds. The third-order valence-corrected chi connectivity index (χ3v) is 4.36. The summed E-state index contributed by atoms with van der Waals surface area (Å²) in [4.78, 5) is 0. The third-order valence-electron chi connectivity index (χ3n) is 3.84. The van der Waals surface area contributed by atoms with Crippen LogP contribution < -0.4 is 0 Å². The van der Waals surface area contributed by atoms with Gasteiger partial charge in [-0.1, -0.05) is 40.2 Å². The highest BCUT2D eigenvalue weighted by Crippen LogP contribution is 2.53. The van der Waals surface area contributed by atoms with E-state index < -0.39 is 5.60 Å². The van der Waals surface area contributed by atoms with Crippen molar-refractivity contribution in [3.05, 3.63) is 64.1 Å². The first-order valence-electron chi connectivity index (χ1n) is 6.34. The molecule has 1 saturated carbocycles. The fraction of sp³-hybridized carbons (Fsp3) is 0.250. The van der Waals surface area contributed by atoms with E-state index in [1.807, 2.05) is 36.4 Å². The van der Waals surface area contributed by atoms with E-state index in [1.165, 1.54) is 0 Å². The summed E-state index contributed by atoms with van der Waals surface area (Å²) in [5, 5.41) is 19.9. The summed E-state index contributed by atoms with van der Waals surface area (Å²) in [6.45, 7) is 0. The van der Waals surface area contributed by atoms with Crippen LogP contribution in [0.25, 0.3) is 0 Å². The Morgan fingerprint density at radius 1 is 1.05 bits per heavy atom. The van der Waals surface area contributed by atoms with E-state index in [0.29, 0.717) is 0 Å². The Balaban J connectivity index is 1.72. The largest absolute Gasteiger partial charge is 0.508 e. The van der Waals surface area contributed by atoms with E-state index in [0.717, 1.165) is 28.4 Å². The van der Waals surface area contributed by atoms with E-state index in [2.05, 4.69) is 15.9 Å². The molecule has 0 aromatic heterocycles. The Kier molecular flexibility index (Phi) is 3.11. The van der Waals surface area contributed by atoms with Gasteiger partial charge in [-0.05, 0) is 54.2 Å². The van der Waals surface area contributed by atoms with Crippen LogP contribution in [0.5, 0.6) is 5.75 Å². The molecule has 2 unspecified atom stereocenters. The molecule has 2 N–H and O–H groups in total. The highest BCUT2D eigenvalue weighted by Gasteiger charge is 2.53. The Hall–Kier alpha value is -1.32. The fourth-order valence-electron chi connectivity index (χ4n) is 2.57. The minimum atomic E-state index is -0.682. The number of aromatic hydroxyl groups is 1. The molecule has 0 aliphatic heterocycles. The quantitative estimate of drug-likeness (QED) is 0.907. The van der Waals surface area contributed by atoms with E-state index in [4.69, 9.17) is 0 Å². The smallest absolute Gasteiger partial charge is 0.115 e. The van der Waals surface area contributed by atoms with Crippen molar-refractivity contribution < 1.29 is 10.2 Å². The Bertz CT molecular complexity index is 577. The molecule has 0 saturated heterocycles. The zero-order chi connectivity index (χ0) is 13.5. The van der Waals surface area contributed by atoms with Gasteiger partial charge in [0, 0.05) is 4.47 Å². The van der Waals surface area contributed by atoms with Gasteiger partial charge in [-0.25, -0.2) is 0 Å². The number of phenolic OH excluding ortho intramolecular Hbond substituents is 1. The average Bonchev–Trinajstić information content (AvgIpc) is 3.05. The van der Waals surface area contributed by atoms with Crippen molar-refractivity contribution in [2.24, 2.45) is 5.92 Å². The maximum Gasteiger partial charge on any atom is 0.115 e. The molecule has 2 nitrogen and oxygen atoms in total. The second kappa shape index (κ2) is 4.66. The first kappa shape index (κ1) is 12.7. The molecule has 2 aromatic carbocycles. The lowest BCUT2D eigenvalue weighted by molar-refractivity contribution is 0.131. The molecule has 2 aromatic rings. The highest BCUT2D eigenvalue weighted by molar-refractivity contribution is 9.10. The summed E-state index contributed by atoms with van der Waals surface area (Å²) < 4.78 is 1.02. The molecular formula is C16H15BrO2. The number of hydrogen-bond acceptors (Lipinski definition) is 2. The van der Waals surface area contributed by atoms with E-state index in [-0.39, 0.29) is 11.7 Å². The van der Waals surface area contributed by atoms with Crippen molar-refractivity contribution in [3.63, 3.8) is 0 Å². The Morgan fingerprint density at radius 2 is 1.68 bits per heavy atom. The van der Waals surface area contributed by atoms with Gasteiger partial charge in [-0.3, -0.25) is 0 Å². The van der Waals surface area contributed by atoms with Gasteiger partial charge in [-0.2, -0.15) is 0 Å². The minimum Gasteiger partial charge on any atom is -0.508 e. The lowest BCUT2D eigenvalue weighted by Crippen LogP contribution is -2.09. The van der Waals surface area contributed by atoms with Gasteiger partial charge in [0.1, 0.15) is 5.75 Å². The third kappa shape index (κ3) is 2.53. The van der Waals surface area contributed by atoms with Crippen molar-refractivity contribution in [1.82, 2.24) is 0 Å². The van der Waals surface area contributed by atoms with Crippen LogP contribution in [0.2, 0.25) is 0 Å². The molecule has 3 heteroatoms.